The van der Waals surface area contributed by atoms with E-state index in [4.69, 9.17) is 0 Å². The Balaban J connectivity index is 0. The molecule has 0 heterocycles. The van der Waals surface area contributed by atoms with Crippen LogP contribution in [0, 0.1) is 0 Å². The van der Waals surface area contributed by atoms with Crippen molar-refractivity contribution in [2.45, 2.75) is 33.2 Å². The second-order valence-electron chi connectivity index (χ2n) is 2.08. The molecular weight excluding hydrogens is 138 g/mol. The van der Waals surface area contributed by atoms with Crippen molar-refractivity contribution < 1.29 is 4.79 Å². The number of amides is 1. The summed E-state index contributed by atoms with van der Waals surface area (Å²) in [5.74, 6) is 0.125. The molecule has 0 radical (unpaired) electrons. The van der Waals surface area contributed by atoms with Crippen molar-refractivity contribution >= 4 is 18.3 Å². The zero-order valence-electron chi connectivity index (χ0n) is 6.10. The van der Waals surface area contributed by atoms with E-state index in [9.17, 15) is 4.79 Å². The maximum absolute atomic E-state index is 10.5. The molecule has 0 aromatic carbocycles. The fraction of sp³-hybridized carbons (Fsp3) is 0.833. The summed E-state index contributed by atoms with van der Waals surface area (Å²) in [5, 5.41) is 2.75. The molecule has 56 valence electrons. The Morgan fingerprint density at radius 1 is 1.56 bits per heavy atom. The van der Waals surface area contributed by atoms with Crippen molar-refractivity contribution in [1.82, 2.24) is 5.32 Å². The van der Waals surface area contributed by atoms with Crippen LogP contribution >= 0.6 is 12.4 Å². The minimum Gasteiger partial charge on any atom is -0.354 e. The van der Waals surface area contributed by atoms with Gasteiger partial charge < -0.3 is 5.32 Å². The van der Waals surface area contributed by atoms with Crippen LogP contribution < -0.4 is 5.32 Å². The third-order valence-electron chi connectivity index (χ3n) is 0.771. The molecule has 0 unspecified atom stereocenters. The highest BCUT2D eigenvalue weighted by Gasteiger charge is 1.96. The van der Waals surface area contributed by atoms with Crippen molar-refractivity contribution in [3.05, 3.63) is 0 Å². The van der Waals surface area contributed by atoms with Crippen LogP contribution in [0.25, 0.3) is 0 Å². The van der Waals surface area contributed by atoms with Gasteiger partial charge >= 0.3 is 0 Å². The Hall–Kier alpha value is -0.240. The van der Waals surface area contributed by atoms with Gasteiger partial charge in [-0.05, 0) is 13.8 Å². The van der Waals surface area contributed by atoms with E-state index in [1.165, 1.54) is 0 Å². The lowest BCUT2D eigenvalue weighted by atomic mass is 10.3. The van der Waals surface area contributed by atoms with E-state index in [0.717, 1.165) is 0 Å². The van der Waals surface area contributed by atoms with Gasteiger partial charge in [-0.2, -0.15) is 0 Å². The highest BCUT2D eigenvalue weighted by atomic mass is 35.5. The van der Waals surface area contributed by atoms with Gasteiger partial charge in [0, 0.05) is 12.5 Å². The highest BCUT2D eigenvalue weighted by molar-refractivity contribution is 5.85. The summed E-state index contributed by atoms with van der Waals surface area (Å²) in [6.07, 6.45) is 0.582. The molecule has 0 aromatic rings. The van der Waals surface area contributed by atoms with Crippen molar-refractivity contribution in [3.8, 4) is 0 Å². The maximum atomic E-state index is 10.5. The Morgan fingerprint density at radius 2 is 2.00 bits per heavy atom. The molecular formula is C6H14ClNO. The predicted molar refractivity (Wildman–Crippen MR) is 40.8 cm³/mol. The smallest absolute Gasteiger partial charge is 0.219 e. The molecule has 0 bridgehead atoms. The lowest BCUT2D eigenvalue weighted by molar-refractivity contribution is -0.121. The van der Waals surface area contributed by atoms with E-state index in [-0.39, 0.29) is 24.4 Å². The zero-order valence-corrected chi connectivity index (χ0v) is 6.92. The molecule has 0 spiro atoms. The number of carbonyl (C=O) groups excluding carboxylic acids is 1. The van der Waals surface area contributed by atoms with Gasteiger partial charge in [-0.15, -0.1) is 12.4 Å². The molecule has 0 atom stereocenters. The molecule has 3 heteroatoms. The number of halogens is 1. The SMILES string of the molecule is CCC(=O)NC(C)C.Cl. The summed E-state index contributed by atoms with van der Waals surface area (Å²) in [7, 11) is 0. The summed E-state index contributed by atoms with van der Waals surface area (Å²) < 4.78 is 0. The van der Waals surface area contributed by atoms with Gasteiger partial charge in [0.2, 0.25) is 5.91 Å². The Bertz CT molecular complexity index is 83.1. The molecule has 1 N–H and O–H groups in total. The number of hydrogen-bond donors (Lipinski definition) is 1. The molecule has 0 saturated heterocycles. The average Bonchev–Trinajstić information content (AvgIpc) is 1.65. The first-order valence-corrected chi connectivity index (χ1v) is 2.96. The second kappa shape index (κ2) is 5.89. The van der Waals surface area contributed by atoms with Crippen LogP contribution in [0.2, 0.25) is 0 Å². The normalized spacial score (nSPS) is 8.44. The summed E-state index contributed by atoms with van der Waals surface area (Å²) in [5.41, 5.74) is 0. The molecule has 9 heavy (non-hydrogen) atoms. The first kappa shape index (κ1) is 11.5. The molecule has 0 fully saturated rings. The van der Waals surface area contributed by atoms with Crippen molar-refractivity contribution in [2.24, 2.45) is 0 Å². The van der Waals surface area contributed by atoms with Gasteiger partial charge in [-0.3, -0.25) is 4.79 Å². The lowest BCUT2D eigenvalue weighted by Crippen LogP contribution is -2.29. The van der Waals surface area contributed by atoms with Crippen LogP contribution in [0.5, 0.6) is 0 Å². The Kier molecular flexibility index (Phi) is 7.55. The molecule has 0 aromatic heterocycles. The van der Waals surface area contributed by atoms with Crippen LogP contribution in [-0.2, 0) is 4.79 Å². The van der Waals surface area contributed by atoms with E-state index < -0.39 is 0 Å². The monoisotopic (exact) mass is 151 g/mol. The van der Waals surface area contributed by atoms with Crippen molar-refractivity contribution in [3.63, 3.8) is 0 Å². The molecule has 0 saturated carbocycles. The quantitative estimate of drug-likeness (QED) is 0.634. The van der Waals surface area contributed by atoms with Gasteiger partial charge in [0.25, 0.3) is 0 Å². The summed E-state index contributed by atoms with van der Waals surface area (Å²) in [4.78, 5) is 10.5. The number of hydrogen-bond acceptors (Lipinski definition) is 1. The van der Waals surface area contributed by atoms with Gasteiger partial charge in [0.15, 0.2) is 0 Å². The minimum atomic E-state index is 0. The minimum absolute atomic E-state index is 0. The van der Waals surface area contributed by atoms with Crippen LogP contribution in [0.1, 0.15) is 27.2 Å². The zero-order chi connectivity index (χ0) is 6.57. The van der Waals surface area contributed by atoms with Crippen LogP contribution in [0.4, 0.5) is 0 Å². The van der Waals surface area contributed by atoms with E-state index in [1.807, 2.05) is 20.8 Å². The largest absolute Gasteiger partial charge is 0.354 e. The van der Waals surface area contributed by atoms with E-state index in [0.29, 0.717) is 6.42 Å². The van der Waals surface area contributed by atoms with Gasteiger partial charge in [0.1, 0.15) is 0 Å². The Labute approximate surface area is 62.4 Å². The van der Waals surface area contributed by atoms with Gasteiger partial charge in [-0.1, -0.05) is 6.92 Å². The van der Waals surface area contributed by atoms with Crippen LogP contribution in [0.15, 0.2) is 0 Å². The topological polar surface area (TPSA) is 29.1 Å². The number of rotatable bonds is 2. The first-order valence-electron chi connectivity index (χ1n) is 2.96. The second-order valence-corrected chi connectivity index (χ2v) is 2.08. The standard InChI is InChI=1S/C6H13NO.ClH/c1-4-6(8)7-5(2)3;/h5H,4H2,1-3H3,(H,7,8);1H. The summed E-state index contributed by atoms with van der Waals surface area (Å²) >= 11 is 0. The predicted octanol–water partition coefficient (Wildman–Crippen LogP) is 1.34. The lowest BCUT2D eigenvalue weighted by Gasteiger charge is -2.04. The summed E-state index contributed by atoms with van der Waals surface area (Å²) in [6.45, 7) is 5.75. The fourth-order valence-corrected chi connectivity index (χ4v) is 0.424. The van der Waals surface area contributed by atoms with E-state index in [2.05, 4.69) is 5.32 Å². The van der Waals surface area contributed by atoms with Crippen LogP contribution in [0.3, 0.4) is 0 Å². The highest BCUT2D eigenvalue weighted by Crippen LogP contribution is 1.79. The molecule has 0 aliphatic rings. The molecule has 0 aliphatic heterocycles. The molecule has 0 rings (SSSR count). The maximum Gasteiger partial charge on any atom is 0.219 e. The fourth-order valence-electron chi connectivity index (χ4n) is 0.424. The third kappa shape index (κ3) is 7.76. The number of nitrogens with one attached hydrogen (secondary N) is 1. The Morgan fingerprint density at radius 3 is 2.11 bits per heavy atom. The summed E-state index contributed by atoms with van der Waals surface area (Å²) in [6, 6.07) is 0.280. The van der Waals surface area contributed by atoms with Crippen LogP contribution in [-0.4, -0.2) is 11.9 Å². The van der Waals surface area contributed by atoms with Gasteiger partial charge in [-0.25, -0.2) is 0 Å². The van der Waals surface area contributed by atoms with Gasteiger partial charge in [0.05, 0.1) is 0 Å². The average molecular weight is 152 g/mol. The third-order valence-corrected chi connectivity index (χ3v) is 0.771. The van der Waals surface area contributed by atoms with E-state index in [1.54, 1.807) is 0 Å². The number of carbonyl (C=O) groups is 1. The molecule has 0 aliphatic carbocycles. The molecule has 2 nitrogen and oxygen atoms in total. The van der Waals surface area contributed by atoms with E-state index >= 15 is 0 Å². The van der Waals surface area contributed by atoms with Crippen molar-refractivity contribution in [2.75, 3.05) is 0 Å². The first-order chi connectivity index (χ1) is 3.66. The molecule has 1 amide bonds. The van der Waals surface area contributed by atoms with Crippen molar-refractivity contribution in [1.29, 1.82) is 0 Å².